The maximum atomic E-state index is 13.0. The molecule has 0 saturated heterocycles. The summed E-state index contributed by atoms with van der Waals surface area (Å²) in [6, 6.07) is 4.72. The van der Waals surface area contributed by atoms with Gasteiger partial charge in [0.2, 0.25) is 0 Å². The Kier molecular flexibility index (Phi) is 3.80. The lowest BCUT2D eigenvalue weighted by Crippen LogP contribution is -2.00. The van der Waals surface area contributed by atoms with Gasteiger partial charge >= 0.3 is 5.97 Å². The monoisotopic (exact) mass is 283 g/mol. The first kappa shape index (κ1) is 13.5. The van der Waals surface area contributed by atoms with Crippen molar-refractivity contribution in [2.75, 3.05) is 5.32 Å². The molecule has 0 fully saturated rings. The van der Waals surface area contributed by atoms with Crippen LogP contribution in [0.4, 0.5) is 14.5 Å². The van der Waals surface area contributed by atoms with E-state index in [9.17, 15) is 13.6 Å². The van der Waals surface area contributed by atoms with Crippen molar-refractivity contribution in [2.24, 2.45) is 0 Å². The molecule has 0 aliphatic rings. The van der Waals surface area contributed by atoms with Crippen LogP contribution in [-0.4, -0.2) is 11.1 Å². The van der Waals surface area contributed by atoms with E-state index >= 15 is 0 Å². The van der Waals surface area contributed by atoms with Gasteiger partial charge in [0.25, 0.3) is 0 Å². The third-order valence-electron chi connectivity index (χ3n) is 2.58. The predicted molar refractivity (Wildman–Crippen MR) is 69.7 cm³/mol. The number of carbonyl (C=O) groups is 1. The lowest BCUT2D eigenvalue weighted by molar-refractivity contribution is 0.0702. The van der Waals surface area contributed by atoms with Gasteiger partial charge in [0.15, 0.2) is 0 Å². The summed E-state index contributed by atoms with van der Waals surface area (Å²) in [7, 11) is 0. The van der Waals surface area contributed by atoms with Gasteiger partial charge in [0.1, 0.15) is 16.5 Å². The number of nitrogens with one attached hydrogen (secondary N) is 1. The number of halogens is 2. The number of benzene rings is 1. The zero-order valence-corrected chi connectivity index (χ0v) is 10.9. The van der Waals surface area contributed by atoms with Crippen LogP contribution < -0.4 is 5.32 Å². The second-order valence-electron chi connectivity index (χ2n) is 4.01. The summed E-state index contributed by atoms with van der Waals surface area (Å²) in [6.45, 7) is 2.12. The molecule has 19 heavy (non-hydrogen) atoms. The number of hydrogen-bond donors (Lipinski definition) is 2. The highest BCUT2D eigenvalue weighted by Crippen LogP contribution is 2.23. The minimum absolute atomic E-state index is 0.250. The standard InChI is InChI=1S/C13H11F2NO2S/c1-7-8(2-12(19-7)13(17)18)6-16-11-4-9(14)3-10(15)5-11/h2-5,16H,6H2,1H3,(H,17,18). The molecule has 1 aromatic carbocycles. The average Bonchev–Trinajstić information content (AvgIpc) is 2.67. The summed E-state index contributed by atoms with van der Waals surface area (Å²) < 4.78 is 26.0. The Morgan fingerprint density at radius 3 is 2.42 bits per heavy atom. The van der Waals surface area contributed by atoms with Gasteiger partial charge in [-0.2, -0.15) is 0 Å². The van der Waals surface area contributed by atoms with Gasteiger partial charge in [-0.1, -0.05) is 0 Å². The van der Waals surface area contributed by atoms with Crippen molar-refractivity contribution >= 4 is 23.0 Å². The molecule has 0 bridgehead atoms. The Balaban J connectivity index is 2.12. The van der Waals surface area contributed by atoms with E-state index in [-0.39, 0.29) is 4.88 Å². The number of anilines is 1. The molecule has 0 aliphatic carbocycles. The number of aromatic carboxylic acids is 1. The summed E-state index contributed by atoms with van der Waals surface area (Å²) in [6.07, 6.45) is 0. The van der Waals surface area contributed by atoms with Gasteiger partial charge in [0, 0.05) is 23.2 Å². The zero-order chi connectivity index (χ0) is 14.0. The first-order valence-electron chi connectivity index (χ1n) is 5.48. The summed E-state index contributed by atoms with van der Waals surface area (Å²) in [4.78, 5) is 11.9. The van der Waals surface area contributed by atoms with Gasteiger partial charge in [0.05, 0.1) is 0 Å². The van der Waals surface area contributed by atoms with Crippen LogP contribution in [0.15, 0.2) is 24.3 Å². The number of carboxylic acid groups (broad SMARTS) is 1. The van der Waals surface area contributed by atoms with Crippen LogP contribution >= 0.6 is 11.3 Å². The number of thiophene rings is 1. The Hall–Kier alpha value is -1.95. The minimum Gasteiger partial charge on any atom is -0.477 e. The molecule has 0 atom stereocenters. The van der Waals surface area contributed by atoms with Crippen LogP contribution in [-0.2, 0) is 6.54 Å². The number of rotatable bonds is 4. The van der Waals surface area contributed by atoms with Gasteiger partial charge < -0.3 is 10.4 Å². The van der Waals surface area contributed by atoms with Crippen LogP contribution in [0.5, 0.6) is 0 Å². The molecule has 0 aliphatic heterocycles. The SMILES string of the molecule is Cc1sc(C(=O)O)cc1CNc1cc(F)cc(F)c1. The average molecular weight is 283 g/mol. The first-order chi connectivity index (χ1) is 8.95. The highest BCUT2D eigenvalue weighted by molar-refractivity contribution is 7.14. The van der Waals surface area contributed by atoms with Crippen molar-refractivity contribution in [3.63, 3.8) is 0 Å². The van der Waals surface area contributed by atoms with E-state index in [4.69, 9.17) is 5.11 Å². The smallest absolute Gasteiger partial charge is 0.345 e. The molecule has 6 heteroatoms. The van der Waals surface area contributed by atoms with E-state index in [0.717, 1.165) is 16.5 Å². The summed E-state index contributed by atoms with van der Waals surface area (Å²) in [5.74, 6) is -2.29. The van der Waals surface area contributed by atoms with Crippen molar-refractivity contribution in [1.29, 1.82) is 0 Å². The molecular formula is C13H11F2NO2S. The summed E-state index contributed by atoms with van der Waals surface area (Å²) >= 11 is 1.18. The lowest BCUT2D eigenvalue weighted by Gasteiger charge is -2.06. The van der Waals surface area contributed by atoms with E-state index in [1.54, 1.807) is 13.0 Å². The molecule has 0 unspecified atom stereocenters. The third-order valence-corrected chi connectivity index (χ3v) is 3.66. The van der Waals surface area contributed by atoms with Crippen LogP contribution in [0, 0.1) is 18.6 Å². The van der Waals surface area contributed by atoms with Crippen molar-refractivity contribution in [3.05, 3.63) is 51.2 Å². The van der Waals surface area contributed by atoms with E-state index in [0.29, 0.717) is 12.2 Å². The van der Waals surface area contributed by atoms with Crippen LogP contribution in [0.1, 0.15) is 20.1 Å². The summed E-state index contributed by atoms with van der Waals surface area (Å²) in [5.41, 5.74) is 1.12. The number of carboxylic acids is 1. The van der Waals surface area contributed by atoms with Crippen LogP contribution in [0.2, 0.25) is 0 Å². The Labute approximate surface area is 112 Å². The molecule has 0 amide bonds. The van der Waals surface area contributed by atoms with Gasteiger partial charge in [-0.15, -0.1) is 11.3 Å². The molecule has 0 radical (unpaired) electrons. The van der Waals surface area contributed by atoms with Crippen molar-refractivity contribution in [2.45, 2.75) is 13.5 Å². The first-order valence-corrected chi connectivity index (χ1v) is 6.30. The molecule has 3 nitrogen and oxygen atoms in total. The summed E-state index contributed by atoms with van der Waals surface area (Å²) in [5, 5.41) is 11.7. The minimum atomic E-state index is -0.976. The van der Waals surface area contributed by atoms with Crippen LogP contribution in [0.3, 0.4) is 0 Å². The van der Waals surface area contributed by atoms with Crippen molar-refractivity contribution in [1.82, 2.24) is 0 Å². The molecule has 100 valence electrons. The van der Waals surface area contributed by atoms with E-state index in [1.807, 2.05) is 0 Å². The molecule has 1 aromatic heterocycles. The third kappa shape index (κ3) is 3.29. The van der Waals surface area contributed by atoms with E-state index in [1.165, 1.54) is 23.5 Å². The van der Waals surface area contributed by atoms with Gasteiger partial charge in [-0.25, -0.2) is 13.6 Å². The molecular weight excluding hydrogens is 272 g/mol. The fraction of sp³-hybridized carbons (Fsp3) is 0.154. The Bertz CT molecular complexity index is 605. The highest BCUT2D eigenvalue weighted by Gasteiger charge is 2.11. The second kappa shape index (κ2) is 5.36. The maximum Gasteiger partial charge on any atom is 0.345 e. The Morgan fingerprint density at radius 2 is 1.89 bits per heavy atom. The fourth-order valence-electron chi connectivity index (χ4n) is 1.65. The zero-order valence-electron chi connectivity index (χ0n) is 10.0. The van der Waals surface area contributed by atoms with Crippen molar-refractivity contribution < 1.29 is 18.7 Å². The molecule has 2 aromatic rings. The molecule has 0 spiro atoms. The molecule has 2 rings (SSSR count). The van der Waals surface area contributed by atoms with Gasteiger partial charge in [-0.05, 0) is 30.7 Å². The highest BCUT2D eigenvalue weighted by atomic mass is 32.1. The van der Waals surface area contributed by atoms with E-state index in [2.05, 4.69) is 5.32 Å². The predicted octanol–water partition coefficient (Wildman–Crippen LogP) is 3.65. The van der Waals surface area contributed by atoms with Gasteiger partial charge in [-0.3, -0.25) is 0 Å². The maximum absolute atomic E-state index is 13.0. The topological polar surface area (TPSA) is 49.3 Å². The quantitative estimate of drug-likeness (QED) is 0.900. The number of hydrogen-bond acceptors (Lipinski definition) is 3. The van der Waals surface area contributed by atoms with Crippen LogP contribution in [0.25, 0.3) is 0 Å². The number of aryl methyl sites for hydroxylation is 1. The molecule has 0 saturated carbocycles. The normalized spacial score (nSPS) is 10.5. The molecule has 2 N–H and O–H groups in total. The molecule has 1 heterocycles. The Morgan fingerprint density at radius 1 is 1.26 bits per heavy atom. The van der Waals surface area contributed by atoms with Crippen molar-refractivity contribution in [3.8, 4) is 0 Å². The fourth-order valence-corrected chi connectivity index (χ4v) is 2.53. The lowest BCUT2D eigenvalue weighted by atomic mass is 10.2. The largest absolute Gasteiger partial charge is 0.477 e. The van der Waals surface area contributed by atoms with E-state index < -0.39 is 17.6 Å². The second-order valence-corrected chi connectivity index (χ2v) is 5.27.